The van der Waals surface area contributed by atoms with Crippen LogP contribution in [0.3, 0.4) is 0 Å². The number of methoxy groups -OCH3 is 1. The number of alkyl halides is 1. The van der Waals surface area contributed by atoms with Crippen LogP contribution in [0.4, 0.5) is 0 Å². The second-order valence-corrected chi connectivity index (χ2v) is 5.13. The third-order valence-electron chi connectivity index (χ3n) is 3.23. The van der Waals surface area contributed by atoms with Gasteiger partial charge in [-0.05, 0) is 25.3 Å². The standard InChI is InChI=1S/C11H22BrNO/c1-13(7-8-14-2)10-11(9-12)5-3-4-6-11/h3-10H2,1-2H3. The Labute approximate surface area is 96.1 Å². The van der Waals surface area contributed by atoms with E-state index in [2.05, 4.69) is 27.9 Å². The van der Waals surface area contributed by atoms with Gasteiger partial charge >= 0.3 is 0 Å². The summed E-state index contributed by atoms with van der Waals surface area (Å²) in [4.78, 5) is 2.40. The summed E-state index contributed by atoms with van der Waals surface area (Å²) in [6.45, 7) is 3.10. The minimum absolute atomic E-state index is 0.544. The first-order valence-corrected chi connectivity index (χ1v) is 6.58. The van der Waals surface area contributed by atoms with Crippen molar-refractivity contribution in [3.63, 3.8) is 0 Å². The van der Waals surface area contributed by atoms with Crippen molar-refractivity contribution in [2.24, 2.45) is 5.41 Å². The second kappa shape index (κ2) is 6.09. The monoisotopic (exact) mass is 263 g/mol. The van der Waals surface area contributed by atoms with Crippen molar-refractivity contribution >= 4 is 15.9 Å². The Morgan fingerprint density at radius 1 is 1.36 bits per heavy atom. The third kappa shape index (κ3) is 3.52. The van der Waals surface area contributed by atoms with Crippen LogP contribution in [-0.4, -0.2) is 44.1 Å². The van der Waals surface area contributed by atoms with Crippen molar-refractivity contribution in [3.8, 4) is 0 Å². The normalized spacial score (nSPS) is 20.6. The van der Waals surface area contributed by atoms with Crippen LogP contribution in [0.25, 0.3) is 0 Å². The molecule has 0 N–H and O–H groups in total. The Morgan fingerprint density at radius 3 is 2.50 bits per heavy atom. The molecule has 1 aliphatic rings. The molecular formula is C11H22BrNO. The van der Waals surface area contributed by atoms with Crippen molar-refractivity contribution in [1.29, 1.82) is 0 Å². The Balaban J connectivity index is 2.32. The van der Waals surface area contributed by atoms with E-state index in [0.717, 1.165) is 18.5 Å². The van der Waals surface area contributed by atoms with Crippen LogP contribution in [0, 0.1) is 5.41 Å². The van der Waals surface area contributed by atoms with Gasteiger partial charge in [-0.2, -0.15) is 0 Å². The van der Waals surface area contributed by atoms with Gasteiger partial charge in [-0.15, -0.1) is 0 Å². The largest absolute Gasteiger partial charge is 0.383 e. The zero-order chi connectivity index (χ0) is 10.4. The van der Waals surface area contributed by atoms with Gasteiger partial charge in [0.15, 0.2) is 0 Å². The average Bonchev–Trinajstić information content (AvgIpc) is 2.64. The van der Waals surface area contributed by atoms with Gasteiger partial charge < -0.3 is 9.64 Å². The molecule has 0 atom stereocenters. The number of ether oxygens (including phenoxy) is 1. The smallest absolute Gasteiger partial charge is 0.0589 e. The van der Waals surface area contributed by atoms with Gasteiger partial charge in [0.25, 0.3) is 0 Å². The summed E-state index contributed by atoms with van der Waals surface area (Å²) in [6.07, 6.45) is 5.58. The lowest BCUT2D eigenvalue weighted by molar-refractivity contribution is 0.134. The number of likely N-dealkylation sites (N-methyl/N-ethyl adjacent to an activating group) is 1. The predicted molar refractivity (Wildman–Crippen MR) is 64.1 cm³/mol. The van der Waals surface area contributed by atoms with E-state index in [-0.39, 0.29) is 0 Å². The second-order valence-electron chi connectivity index (χ2n) is 4.57. The lowest BCUT2D eigenvalue weighted by atomic mass is 9.88. The first kappa shape index (κ1) is 12.5. The summed E-state index contributed by atoms with van der Waals surface area (Å²) in [7, 11) is 3.96. The van der Waals surface area contributed by atoms with Gasteiger partial charge in [0.05, 0.1) is 6.61 Å². The quantitative estimate of drug-likeness (QED) is 0.683. The van der Waals surface area contributed by atoms with Crippen LogP contribution in [0.15, 0.2) is 0 Å². The number of hydrogen-bond donors (Lipinski definition) is 0. The molecule has 1 aliphatic carbocycles. The fraction of sp³-hybridized carbons (Fsp3) is 1.00. The molecule has 0 aromatic rings. The van der Waals surface area contributed by atoms with E-state index in [9.17, 15) is 0 Å². The first-order chi connectivity index (χ1) is 6.72. The molecule has 0 unspecified atom stereocenters. The van der Waals surface area contributed by atoms with E-state index < -0.39 is 0 Å². The molecule has 1 rings (SSSR count). The lowest BCUT2D eigenvalue weighted by Gasteiger charge is -2.31. The highest BCUT2D eigenvalue weighted by molar-refractivity contribution is 9.09. The van der Waals surface area contributed by atoms with E-state index in [0.29, 0.717) is 5.41 Å². The zero-order valence-electron chi connectivity index (χ0n) is 9.39. The SMILES string of the molecule is COCCN(C)CC1(CBr)CCCC1. The first-order valence-electron chi connectivity index (χ1n) is 5.46. The number of halogens is 1. The molecule has 2 nitrogen and oxygen atoms in total. The summed E-state index contributed by atoms with van der Waals surface area (Å²) in [5.41, 5.74) is 0.544. The molecule has 0 heterocycles. The topological polar surface area (TPSA) is 12.5 Å². The number of rotatable bonds is 6. The molecule has 0 bridgehead atoms. The van der Waals surface area contributed by atoms with E-state index in [1.54, 1.807) is 7.11 Å². The molecule has 1 fully saturated rings. The molecule has 84 valence electrons. The molecule has 0 aliphatic heterocycles. The Kier molecular flexibility index (Phi) is 5.42. The van der Waals surface area contributed by atoms with Crippen LogP contribution < -0.4 is 0 Å². The third-order valence-corrected chi connectivity index (χ3v) is 4.42. The van der Waals surface area contributed by atoms with Gasteiger partial charge in [0.2, 0.25) is 0 Å². The molecule has 0 spiro atoms. The fourth-order valence-corrected chi connectivity index (χ4v) is 3.10. The number of nitrogens with zero attached hydrogens (tertiary/aromatic N) is 1. The highest BCUT2D eigenvalue weighted by atomic mass is 79.9. The minimum Gasteiger partial charge on any atom is -0.383 e. The zero-order valence-corrected chi connectivity index (χ0v) is 11.0. The number of hydrogen-bond acceptors (Lipinski definition) is 2. The summed E-state index contributed by atoms with van der Waals surface area (Å²) in [5, 5.41) is 1.15. The molecule has 0 radical (unpaired) electrons. The van der Waals surface area contributed by atoms with E-state index in [1.807, 2.05) is 0 Å². The summed E-state index contributed by atoms with van der Waals surface area (Å²) < 4.78 is 5.09. The van der Waals surface area contributed by atoms with Gasteiger partial charge in [-0.3, -0.25) is 0 Å². The molecule has 0 amide bonds. The van der Waals surface area contributed by atoms with Gasteiger partial charge in [0, 0.05) is 25.5 Å². The van der Waals surface area contributed by atoms with Gasteiger partial charge in [0.1, 0.15) is 0 Å². The molecule has 0 aromatic heterocycles. The van der Waals surface area contributed by atoms with Crippen molar-refractivity contribution < 1.29 is 4.74 Å². The lowest BCUT2D eigenvalue weighted by Crippen LogP contribution is -2.36. The summed E-state index contributed by atoms with van der Waals surface area (Å²) >= 11 is 3.67. The summed E-state index contributed by atoms with van der Waals surface area (Å²) in [5.74, 6) is 0. The molecule has 1 saturated carbocycles. The fourth-order valence-electron chi connectivity index (χ4n) is 2.36. The maximum absolute atomic E-state index is 5.09. The Bertz CT molecular complexity index is 157. The highest BCUT2D eigenvalue weighted by Crippen LogP contribution is 2.39. The maximum atomic E-state index is 5.09. The Hall–Kier alpha value is 0.400. The molecule has 3 heteroatoms. The average molecular weight is 264 g/mol. The van der Waals surface area contributed by atoms with Crippen molar-refractivity contribution in [2.75, 3.05) is 39.2 Å². The molecule has 14 heavy (non-hydrogen) atoms. The summed E-state index contributed by atoms with van der Waals surface area (Å²) in [6, 6.07) is 0. The molecule has 0 saturated heterocycles. The van der Waals surface area contributed by atoms with E-state index in [1.165, 1.54) is 32.2 Å². The predicted octanol–water partition coefficient (Wildman–Crippen LogP) is 2.52. The van der Waals surface area contributed by atoms with Crippen molar-refractivity contribution in [2.45, 2.75) is 25.7 Å². The van der Waals surface area contributed by atoms with Crippen LogP contribution in [0.5, 0.6) is 0 Å². The van der Waals surface area contributed by atoms with Gasteiger partial charge in [-0.25, -0.2) is 0 Å². The molecule has 0 aromatic carbocycles. The van der Waals surface area contributed by atoms with E-state index >= 15 is 0 Å². The van der Waals surface area contributed by atoms with Gasteiger partial charge in [-0.1, -0.05) is 28.8 Å². The van der Waals surface area contributed by atoms with Crippen molar-refractivity contribution in [1.82, 2.24) is 4.90 Å². The van der Waals surface area contributed by atoms with Crippen LogP contribution in [0.1, 0.15) is 25.7 Å². The van der Waals surface area contributed by atoms with E-state index in [4.69, 9.17) is 4.74 Å². The van der Waals surface area contributed by atoms with Crippen molar-refractivity contribution in [3.05, 3.63) is 0 Å². The van der Waals surface area contributed by atoms with Crippen LogP contribution in [0.2, 0.25) is 0 Å². The molecular weight excluding hydrogens is 242 g/mol. The van der Waals surface area contributed by atoms with Crippen LogP contribution in [-0.2, 0) is 4.74 Å². The minimum atomic E-state index is 0.544. The maximum Gasteiger partial charge on any atom is 0.0589 e. The van der Waals surface area contributed by atoms with Crippen LogP contribution >= 0.6 is 15.9 Å². The highest BCUT2D eigenvalue weighted by Gasteiger charge is 2.33. The Morgan fingerprint density at radius 2 is 2.00 bits per heavy atom.